The van der Waals surface area contributed by atoms with E-state index in [2.05, 4.69) is 15.1 Å². The van der Waals surface area contributed by atoms with Crippen LogP contribution in [-0.2, 0) is 4.79 Å². The molecule has 0 bridgehead atoms. The van der Waals surface area contributed by atoms with Gasteiger partial charge in [-0.05, 0) is 62.8 Å². The molecular weight excluding hydrogens is 353 g/mol. The van der Waals surface area contributed by atoms with Gasteiger partial charge in [0, 0.05) is 49.9 Å². The Morgan fingerprint density at radius 2 is 1.50 bits per heavy atom. The minimum Gasteiger partial charge on any atom is -0.382 e. The second-order valence-electron chi connectivity index (χ2n) is 8.85. The number of hydrogen-bond acceptors (Lipinski definition) is 3. The van der Waals surface area contributed by atoms with Gasteiger partial charge in [0.2, 0.25) is 5.91 Å². The van der Waals surface area contributed by atoms with Gasteiger partial charge in [-0.15, -0.1) is 0 Å². The minimum atomic E-state index is -0.205. The molecular formula is C23H34FN3O. The van der Waals surface area contributed by atoms with Crippen LogP contribution in [0.4, 0.5) is 10.1 Å². The average molecular weight is 388 g/mol. The third-order valence-corrected chi connectivity index (χ3v) is 7.01. The predicted octanol–water partition coefficient (Wildman–Crippen LogP) is 4.27. The number of rotatable bonds is 4. The first-order valence-electron chi connectivity index (χ1n) is 11.2. The molecule has 1 aliphatic heterocycles. The van der Waals surface area contributed by atoms with E-state index >= 15 is 0 Å². The van der Waals surface area contributed by atoms with Gasteiger partial charge >= 0.3 is 0 Å². The van der Waals surface area contributed by atoms with Crippen LogP contribution < -0.4 is 5.32 Å². The second kappa shape index (κ2) is 9.25. The molecule has 0 aromatic heterocycles. The monoisotopic (exact) mass is 387 g/mol. The molecule has 2 aliphatic carbocycles. The predicted molar refractivity (Wildman–Crippen MR) is 111 cm³/mol. The molecule has 3 aliphatic rings. The van der Waals surface area contributed by atoms with E-state index in [9.17, 15) is 9.18 Å². The summed E-state index contributed by atoms with van der Waals surface area (Å²) in [4.78, 5) is 17.7. The van der Waals surface area contributed by atoms with Crippen molar-refractivity contribution >= 4 is 11.6 Å². The molecule has 28 heavy (non-hydrogen) atoms. The maximum Gasteiger partial charge on any atom is 0.225 e. The standard InChI is InChI=1S/C23H34FN3O/c24-19-8-12-21(13-9-19)25-20-10-6-18(7-11-20)23(28)27-16-14-26(15-17-27)22-4-2-1-3-5-22/h8-9,12-13,18,20,22,25H,1-7,10-11,14-17H2. The molecule has 1 heterocycles. The Bertz CT molecular complexity index is 628. The van der Waals surface area contributed by atoms with Gasteiger partial charge in [0.15, 0.2) is 0 Å². The molecule has 4 nitrogen and oxygen atoms in total. The first-order valence-corrected chi connectivity index (χ1v) is 11.2. The Kier molecular flexibility index (Phi) is 6.50. The zero-order valence-corrected chi connectivity index (χ0v) is 16.9. The highest BCUT2D eigenvalue weighted by atomic mass is 19.1. The fraction of sp³-hybridized carbons (Fsp3) is 0.696. The van der Waals surface area contributed by atoms with Gasteiger partial charge in [-0.25, -0.2) is 4.39 Å². The average Bonchev–Trinajstić information content (AvgIpc) is 2.76. The maximum absolute atomic E-state index is 13.0. The Morgan fingerprint density at radius 3 is 2.14 bits per heavy atom. The molecule has 0 unspecified atom stereocenters. The third-order valence-electron chi connectivity index (χ3n) is 7.01. The number of anilines is 1. The quantitative estimate of drug-likeness (QED) is 0.838. The van der Waals surface area contributed by atoms with Crippen molar-refractivity contribution in [2.75, 3.05) is 31.5 Å². The summed E-state index contributed by atoms with van der Waals surface area (Å²) in [5, 5.41) is 3.49. The van der Waals surface area contributed by atoms with Crippen molar-refractivity contribution in [2.24, 2.45) is 5.92 Å². The number of halogens is 1. The fourth-order valence-electron chi connectivity index (χ4n) is 5.28. The zero-order chi connectivity index (χ0) is 19.3. The third kappa shape index (κ3) is 4.86. The highest BCUT2D eigenvalue weighted by molar-refractivity contribution is 5.79. The van der Waals surface area contributed by atoms with Gasteiger partial charge in [0.1, 0.15) is 5.82 Å². The van der Waals surface area contributed by atoms with Crippen LogP contribution in [0.5, 0.6) is 0 Å². The van der Waals surface area contributed by atoms with E-state index in [0.717, 1.165) is 63.6 Å². The van der Waals surface area contributed by atoms with Crippen LogP contribution in [0, 0.1) is 11.7 Å². The Morgan fingerprint density at radius 1 is 0.857 bits per heavy atom. The lowest BCUT2D eigenvalue weighted by atomic mass is 9.85. The van der Waals surface area contributed by atoms with Crippen molar-refractivity contribution in [2.45, 2.75) is 69.9 Å². The van der Waals surface area contributed by atoms with E-state index in [-0.39, 0.29) is 11.7 Å². The normalized spacial score (nSPS) is 27.5. The van der Waals surface area contributed by atoms with Crippen molar-refractivity contribution in [1.29, 1.82) is 0 Å². The molecule has 5 heteroatoms. The van der Waals surface area contributed by atoms with Crippen LogP contribution in [0.2, 0.25) is 0 Å². The number of carbonyl (C=O) groups is 1. The molecule has 1 saturated heterocycles. The lowest BCUT2D eigenvalue weighted by Gasteiger charge is -2.42. The lowest BCUT2D eigenvalue weighted by Crippen LogP contribution is -2.53. The molecule has 0 atom stereocenters. The maximum atomic E-state index is 13.0. The van der Waals surface area contributed by atoms with Crippen LogP contribution in [0.1, 0.15) is 57.8 Å². The van der Waals surface area contributed by atoms with E-state index in [0.29, 0.717) is 11.9 Å². The van der Waals surface area contributed by atoms with Crippen LogP contribution in [0.15, 0.2) is 24.3 Å². The van der Waals surface area contributed by atoms with E-state index in [4.69, 9.17) is 0 Å². The van der Waals surface area contributed by atoms with E-state index in [1.165, 1.54) is 44.2 Å². The van der Waals surface area contributed by atoms with Crippen LogP contribution >= 0.6 is 0 Å². The largest absolute Gasteiger partial charge is 0.382 e. The van der Waals surface area contributed by atoms with Crippen molar-refractivity contribution in [3.05, 3.63) is 30.1 Å². The first kappa shape index (κ1) is 19.7. The van der Waals surface area contributed by atoms with E-state index < -0.39 is 0 Å². The molecule has 1 aromatic rings. The van der Waals surface area contributed by atoms with Crippen molar-refractivity contribution < 1.29 is 9.18 Å². The summed E-state index contributed by atoms with van der Waals surface area (Å²) in [6, 6.07) is 7.71. The Hall–Kier alpha value is -1.62. The molecule has 4 rings (SSSR count). The summed E-state index contributed by atoms with van der Waals surface area (Å²) in [7, 11) is 0. The van der Waals surface area contributed by atoms with Crippen molar-refractivity contribution in [3.63, 3.8) is 0 Å². The molecule has 0 spiro atoms. The van der Waals surface area contributed by atoms with E-state index in [1.807, 2.05) is 0 Å². The number of benzene rings is 1. The first-order chi connectivity index (χ1) is 13.7. The van der Waals surface area contributed by atoms with Crippen molar-refractivity contribution in [3.8, 4) is 0 Å². The SMILES string of the molecule is O=C(C1CCC(Nc2ccc(F)cc2)CC1)N1CCN(C2CCCCC2)CC1. The smallest absolute Gasteiger partial charge is 0.225 e. The summed E-state index contributed by atoms with van der Waals surface area (Å²) in [5.41, 5.74) is 0.968. The number of amides is 1. The van der Waals surface area contributed by atoms with Gasteiger partial charge in [0.25, 0.3) is 0 Å². The zero-order valence-electron chi connectivity index (χ0n) is 16.9. The number of nitrogens with zero attached hydrogens (tertiary/aromatic N) is 2. The topological polar surface area (TPSA) is 35.6 Å². The number of hydrogen-bond donors (Lipinski definition) is 1. The van der Waals surface area contributed by atoms with Gasteiger partial charge < -0.3 is 10.2 Å². The summed E-state index contributed by atoms with van der Waals surface area (Å²) < 4.78 is 13.0. The molecule has 1 amide bonds. The Balaban J connectivity index is 1.20. The van der Waals surface area contributed by atoms with Crippen LogP contribution in [0.3, 0.4) is 0 Å². The van der Waals surface area contributed by atoms with Crippen molar-refractivity contribution in [1.82, 2.24) is 9.80 Å². The summed E-state index contributed by atoms with van der Waals surface area (Å²) >= 11 is 0. The molecule has 0 radical (unpaired) electrons. The van der Waals surface area contributed by atoms with Gasteiger partial charge in [-0.1, -0.05) is 19.3 Å². The highest BCUT2D eigenvalue weighted by Gasteiger charge is 2.32. The minimum absolute atomic E-state index is 0.187. The van der Waals surface area contributed by atoms with E-state index in [1.54, 1.807) is 12.1 Å². The number of nitrogens with one attached hydrogen (secondary N) is 1. The summed E-state index contributed by atoms with van der Waals surface area (Å²) in [6.07, 6.45) is 10.8. The van der Waals surface area contributed by atoms with Gasteiger partial charge in [-0.3, -0.25) is 9.69 Å². The molecule has 154 valence electrons. The van der Waals surface area contributed by atoms with Gasteiger partial charge in [-0.2, -0.15) is 0 Å². The molecule has 1 aromatic carbocycles. The summed E-state index contributed by atoms with van der Waals surface area (Å²) in [5.74, 6) is 0.361. The highest BCUT2D eigenvalue weighted by Crippen LogP contribution is 2.29. The van der Waals surface area contributed by atoms with Crippen LogP contribution in [-0.4, -0.2) is 54.0 Å². The Labute approximate surface area is 168 Å². The lowest BCUT2D eigenvalue weighted by molar-refractivity contribution is -0.138. The molecule has 2 saturated carbocycles. The molecule has 1 N–H and O–H groups in total. The number of carbonyl (C=O) groups excluding carboxylic acids is 1. The number of piperazine rings is 1. The summed E-state index contributed by atoms with van der Waals surface area (Å²) in [6.45, 7) is 3.92. The second-order valence-corrected chi connectivity index (χ2v) is 8.85. The molecule has 3 fully saturated rings. The van der Waals surface area contributed by atoms with Gasteiger partial charge in [0.05, 0.1) is 0 Å². The van der Waals surface area contributed by atoms with Crippen LogP contribution in [0.25, 0.3) is 0 Å². The fourth-order valence-corrected chi connectivity index (χ4v) is 5.28.